The van der Waals surface area contributed by atoms with Gasteiger partial charge < -0.3 is 29.6 Å². The van der Waals surface area contributed by atoms with Crippen molar-refractivity contribution >= 4 is 84.7 Å². The van der Waals surface area contributed by atoms with Crippen LogP contribution in [0.25, 0.3) is 43.6 Å². The van der Waals surface area contributed by atoms with Gasteiger partial charge in [-0.25, -0.2) is 0 Å². The lowest BCUT2D eigenvalue weighted by atomic mass is 9.89. The molecule has 7 heterocycles. The summed E-state index contributed by atoms with van der Waals surface area (Å²) in [6.45, 7) is 2.64. The Morgan fingerprint density at radius 2 is 1.64 bits per heavy atom. The molecule has 310 valence electrons. The predicted molar refractivity (Wildman–Crippen MR) is 223 cm³/mol. The standard InChI is InChI=1S/C45H42N8O8/c1-44-39(60-3)30(50(2)32(55)16-9-19-47-26-13-8-12-24-34(26)43(59)51(42(24)58)29-17-18-31(54)49-40(29)56)20-45(46,61-44)53-28-15-7-5-11-23(28)35-36-25(21-48-41(36)57)33-22-10-4-6-14-27(22)52(44)37(33)38(35)53/h4-8,10-15,29-30,39,47H,9,16-21,46H2,1-3H3,(H,48,57)(H,49,54,56)/t29?,30-,39-,44+,45+/m1/s1. The van der Waals surface area contributed by atoms with Gasteiger partial charge in [0.1, 0.15) is 12.1 Å². The second-order valence-corrected chi connectivity index (χ2v) is 16.8. The van der Waals surface area contributed by atoms with Gasteiger partial charge in [-0.05, 0) is 49.6 Å². The summed E-state index contributed by atoms with van der Waals surface area (Å²) < 4.78 is 17.8. The minimum Gasteiger partial charge on any atom is -0.384 e. The van der Waals surface area contributed by atoms with Crippen molar-refractivity contribution < 1.29 is 38.2 Å². The van der Waals surface area contributed by atoms with Crippen molar-refractivity contribution in [1.29, 1.82) is 0 Å². The molecule has 5 aliphatic heterocycles. The molecular weight excluding hydrogens is 781 g/mol. The summed E-state index contributed by atoms with van der Waals surface area (Å²) in [7, 11) is 3.38. The molecule has 5 atom stereocenters. The molecule has 2 fully saturated rings. The van der Waals surface area contributed by atoms with Crippen LogP contribution in [0.15, 0.2) is 66.7 Å². The van der Waals surface area contributed by atoms with Crippen molar-refractivity contribution in [2.45, 2.75) is 75.3 Å². The van der Waals surface area contributed by atoms with E-state index in [2.05, 4.69) is 26.6 Å². The summed E-state index contributed by atoms with van der Waals surface area (Å²) in [5.74, 6) is -4.12. The molecule has 1 unspecified atom stereocenters. The molecule has 2 saturated heterocycles. The lowest BCUT2D eigenvalue weighted by molar-refractivity contribution is -0.311. The fourth-order valence-corrected chi connectivity index (χ4v) is 11.0. The summed E-state index contributed by atoms with van der Waals surface area (Å²) in [6, 6.07) is 19.2. The number of nitrogens with one attached hydrogen (secondary N) is 3. The molecule has 16 heteroatoms. The number of methoxy groups -OCH3 is 1. The molecule has 4 aromatic carbocycles. The van der Waals surface area contributed by atoms with E-state index < -0.39 is 53.4 Å². The molecule has 0 spiro atoms. The van der Waals surface area contributed by atoms with E-state index in [1.807, 2.05) is 54.0 Å². The number of nitrogens with two attached hydrogens (primary N) is 1. The number of rotatable bonds is 8. The third kappa shape index (κ3) is 4.91. The topological polar surface area (TPSA) is 199 Å². The maximum absolute atomic E-state index is 14.3. The minimum absolute atomic E-state index is 0.0254. The summed E-state index contributed by atoms with van der Waals surface area (Å²) in [5, 5.41) is 12.2. The largest absolute Gasteiger partial charge is 0.384 e. The number of hydrogen-bond acceptors (Lipinski definition) is 10. The van der Waals surface area contributed by atoms with Gasteiger partial charge in [-0.3, -0.25) is 49.3 Å². The Hall–Kier alpha value is -6.62. The molecule has 2 bridgehead atoms. The zero-order valence-electron chi connectivity index (χ0n) is 33.7. The van der Waals surface area contributed by atoms with Crippen molar-refractivity contribution in [1.82, 2.24) is 29.6 Å². The number of carbonyl (C=O) groups is 6. The third-order valence-electron chi connectivity index (χ3n) is 13.6. The van der Waals surface area contributed by atoms with Gasteiger partial charge in [0.15, 0.2) is 5.72 Å². The van der Waals surface area contributed by atoms with Gasteiger partial charge in [0.05, 0.1) is 44.8 Å². The van der Waals surface area contributed by atoms with Crippen molar-refractivity contribution in [3.05, 3.63) is 89.0 Å². The number of piperidine rings is 1. The monoisotopic (exact) mass is 822 g/mol. The van der Waals surface area contributed by atoms with Crippen LogP contribution in [0.4, 0.5) is 5.69 Å². The molecule has 0 aliphatic carbocycles. The fourth-order valence-electron chi connectivity index (χ4n) is 11.0. The lowest BCUT2D eigenvalue weighted by Crippen LogP contribution is -2.68. The Bertz CT molecular complexity index is 3030. The van der Waals surface area contributed by atoms with Crippen LogP contribution < -0.4 is 21.7 Å². The minimum atomic E-state index is -1.50. The van der Waals surface area contributed by atoms with Gasteiger partial charge in [0.2, 0.25) is 23.6 Å². The van der Waals surface area contributed by atoms with Crippen molar-refractivity contribution in [2.75, 3.05) is 26.0 Å². The molecule has 5 aliphatic rings. The van der Waals surface area contributed by atoms with Gasteiger partial charge in [0, 0.05) is 73.7 Å². The molecule has 0 radical (unpaired) electrons. The number of fused-ring (bicyclic) bond motifs is 14. The summed E-state index contributed by atoms with van der Waals surface area (Å²) in [5.41, 5.74) is 12.0. The number of amides is 6. The van der Waals surface area contributed by atoms with E-state index in [0.717, 1.165) is 54.1 Å². The van der Waals surface area contributed by atoms with E-state index >= 15 is 0 Å². The molecule has 11 rings (SSSR count). The first-order chi connectivity index (χ1) is 29.4. The first-order valence-electron chi connectivity index (χ1n) is 20.5. The van der Waals surface area contributed by atoms with Gasteiger partial charge in [0.25, 0.3) is 17.7 Å². The third-order valence-corrected chi connectivity index (χ3v) is 13.6. The van der Waals surface area contributed by atoms with Crippen LogP contribution in [0.2, 0.25) is 0 Å². The molecular formula is C45H42N8O8. The number of hydrogen-bond donors (Lipinski definition) is 4. The fraction of sp³-hybridized carbons (Fsp3) is 0.333. The SMILES string of the molecule is CO[C@@H]1[C@H](N(C)C(=O)CCCNc2cccc3c2C(=O)N(C2CCC(=O)NC2=O)C3=O)C[C@@]2(N)O[C@]1(C)n1c3ccccc3c3c4c(c5c6ccccc6n2c5c31)C(=O)NC4. The van der Waals surface area contributed by atoms with E-state index in [1.54, 1.807) is 37.3 Å². The highest BCUT2D eigenvalue weighted by Gasteiger charge is 2.59. The second-order valence-electron chi connectivity index (χ2n) is 16.8. The van der Waals surface area contributed by atoms with Crippen molar-refractivity contribution in [3.8, 4) is 0 Å². The molecule has 5 N–H and O–H groups in total. The maximum Gasteiger partial charge on any atom is 0.264 e. The smallest absolute Gasteiger partial charge is 0.264 e. The zero-order chi connectivity index (χ0) is 42.3. The number of carbonyl (C=O) groups excluding carboxylic acids is 6. The number of aromatic nitrogens is 2. The van der Waals surface area contributed by atoms with Crippen LogP contribution in [0.5, 0.6) is 0 Å². The average molecular weight is 823 g/mol. The molecule has 2 aromatic heterocycles. The summed E-state index contributed by atoms with van der Waals surface area (Å²) in [6.07, 6.45) is 0.0593. The van der Waals surface area contributed by atoms with Crippen LogP contribution in [-0.2, 0) is 42.0 Å². The zero-order valence-corrected chi connectivity index (χ0v) is 33.7. The van der Waals surface area contributed by atoms with Gasteiger partial charge in [-0.1, -0.05) is 42.5 Å². The van der Waals surface area contributed by atoms with E-state index in [1.165, 1.54) is 0 Å². The molecule has 6 aromatic rings. The number of likely N-dealkylation sites (N-methyl/N-ethyl adjacent to an activating group) is 1. The van der Waals surface area contributed by atoms with Crippen molar-refractivity contribution in [3.63, 3.8) is 0 Å². The Kier molecular flexibility index (Phi) is 7.93. The van der Waals surface area contributed by atoms with Crippen LogP contribution in [0.3, 0.4) is 0 Å². The highest BCUT2D eigenvalue weighted by molar-refractivity contribution is 6.31. The quantitative estimate of drug-likeness (QED) is 0.129. The Morgan fingerprint density at radius 1 is 0.934 bits per heavy atom. The van der Waals surface area contributed by atoms with Crippen LogP contribution in [0.1, 0.15) is 75.7 Å². The van der Waals surface area contributed by atoms with E-state index in [0.29, 0.717) is 30.8 Å². The van der Waals surface area contributed by atoms with Gasteiger partial charge in [-0.2, -0.15) is 0 Å². The molecule has 6 amide bonds. The van der Waals surface area contributed by atoms with Crippen LogP contribution in [-0.4, -0.2) is 93.3 Å². The number of para-hydroxylation sites is 2. The summed E-state index contributed by atoms with van der Waals surface area (Å²) in [4.78, 5) is 82.1. The highest BCUT2D eigenvalue weighted by atomic mass is 16.6. The molecule has 0 saturated carbocycles. The number of imide groups is 2. The summed E-state index contributed by atoms with van der Waals surface area (Å²) >= 11 is 0. The Morgan fingerprint density at radius 3 is 2.38 bits per heavy atom. The highest BCUT2D eigenvalue weighted by Crippen LogP contribution is 2.54. The van der Waals surface area contributed by atoms with Gasteiger partial charge in [-0.15, -0.1) is 0 Å². The lowest BCUT2D eigenvalue weighted by Gasteiger charge is -2.54. The number of anilines is 1. The number of ether oxygens (including phenoxy) is 2. The van der Waals surface area contributed by atoms with E-state index in [9.17, 15) is 28.8 Å². The van der Waals surface area contributed by atoms with Crippen molar-refractivity contribution in [2.24, 2.45) is 5.73 Å². The van der Waals surface area contributed by atoms with E-state index in [4.69, 9.17) is 15.2 Å². The first-order valence-corrected chi connectivity index (χ1v) is 20.5. The van der Waals surface area contributed by atoms with Crippen LogP contribution in [0, 0.1) is 0 Å². The van der Waals surface area contributed by atoms with Gasteiger partial charge >= 0.3 is 0 Å². The van der Waals surface area contributed by atoms with E-state index in [-0.39, 0.29) is 48.6 Å². The first kappa shape index (κ1) is 37.4. The predicted octanol–water partition coefficient (Wildman–Crippen LogP) is 3.96. The second kappa shape index (κ2) is 12.9. The normalized spacial score (nSPS) is 25.4. The number of benzene rings is 4. The Balaban J connectivity index is 0.918. The molecule has 61 heavy (non-hydrogen) atoms. The van der Waals surface area contributed by atoms with Crippen LogP contribution >= 0.6 is 0 Å². The molecule has 16 nitrogen and oxygen atoms in total. The maximum atomic E-state index is 14.3. The number of nitrogens with zero attached hydrogens (tertiary/aromatic N) is 4. The Labute approximate surface area is 347 Å². The average Bonchev–Trinajstić information content (AvgIpc) is 3.96.